The molecule has 0 bridgehead atoms. The fourth-order valence-corrected chi connectivity index (χ4v) is 4.28. The molecule has 1 aliphatic carbocycles. The van der Waals surface area contributed by atoms with Crippen molar-refractivity contribution in [3.63, 3.8) is 0 Å². The summed E-state index contributed by atoms with van der Waals surface area (Å²) in [4.78, 5) is 10.3. The van der Waals surface area contributed by atoms with Crippen molar-refractivity contribution in [1.82, 2.24) is 4.72 Å². The highest BCUT2D eigenvalue weighted by molar-refractivity contribution is 9.10. The van der Waals surface area contributed by atoms with Gasteiger partial charge in [-0.25, -0.2) is 22.3 Å². The van der Waals surface area contributed by atoms with E-state index in [1.54, 1.807) is 0 Å². The van der Waals surface area contributed by atoms with Gasteiger partial charge in [-0.2, -0.15) is 0 Å². The number of nitrogens with one attached hydrogen (secondary N) is 1. The van der Waals surface area contributed by atoms with Crippen LogP contribution < -0.4 is 4.72 Å². The van der Waals surface area contributed by atoms with Gasteiger partial charge in [-0.1, -0.05) is 28.8 Å². The molecular weight excluding hydrogens is 353 g/mol. The number of carboxylic acids is 1. The van der Waals surface area contributed by atoms with E-state index in [2.05, 4.69) is 20.7 Å². The lowest BCUT2D eigenvalue weighted by atomic mass is 10.2. The molecule has 2 N–H and O–H groups in total. The van der Waals surface area contributed by atoms with Crippen LogP contribution in [-0.2, 0) is 10.0 Å². The second-order valence-corrected chi connectivity index (χ2v) is 7.27. The minimum Gasteiger partial charge on any atom is -0.478 e. The lowest BCUT2D eigenvalue weighted by Crippen LogP contribution is -2.33. The van der Waals surface area contributed by atoms with Crippen LogP contribution in [0.15, 0.2) is 21.5 Å². The van der Waals surface area contributed by atoms with Crippen molar-refractivity contribution in [2.75, 3.05) is 0 Å². The van der Waals surface area contributed by atoms with Gasteiger partial charge < -0.3 is 5.11 Å². The minimum absolute atomic E-state index is 0.197. The number of benzene rings is 1. The molecule has 1 fully saturated rings. The first-order valence-electron chi connectivity index (χ1n) is 6.06. The molecule has 0 radical (unpaired) electrons. The van der Waals surface area contributed by atoms with Crippen LogP contribution in [0.1, 0.15) is 36.0 Å². The fraction of sp³-hybridized carbons (Fsp3) is 0.417. The van der Waals surface area contributed by atoms with Crippen molar-refractivity contribution in [2.45, 2.75) is 36.6 Å². The first-order valence-corrected chi connectivity index (χ1v) is 8.33. The molecule has 0 saturated heterocycles. The van der Waals surface area contributed by atoms with Crippen LogP contribution in [-0.4, -0.2) is 25.5 Å². The van der Waals surface area contributed by atoms with Gasteiger partial charge in [-0.05, 0) is 25.0 Å². The van der Waals surface area contributed by atoms with Crippen molar-refractivity contribution in [2.24, 2.45) is 0 Å². The van der Waals surface area contributed by atoms with E-state index in [0.29, 0.717) is 12.8 Å². The summed E-state index contributed by atoms with van der Waals surface area (Å²) in [6, 6.07) is 1.89. The van der Waals surface area contributed by atoms with Crippen LogP contribution in [0.5, 0.6) is 0 Å². The summed E-state index contributed by atoms with van der Waals surface area (Å²) in [5.41, 5.74) is -0.675. The number of sulfonamides is 1. The SMILES string of the molecule is O=C(O)c1cc(Br)cc(S(=O)(=O)NC2CCCC2)c1F. The highest BCUT2D eigenvalue weighted by Crippen LogP contribution is 2.26. The minimum atomic E-state index is -4.07. The molecule has 0 heterocycles. The van der Waals surface area contributed by atoms with E-state index in [0.717, 1.165) is 25.0 Å². The zero-order chi connectivity index (χ0) is 14.9. The van der Waals surface area contributed by atoms with E-state index in [1.807, 2.05) is 0 Å². The monoisotopic (exact) mass is 365 g/mol. The Bertz CT molecular complexity index is 641. The molecule has 0 unspecified atom stereocenters. The Balaban J connectivity index is 2.42. The maximum absolute atomic E-state index is 14.1. The summed E-state index contributed by atoms with van der Waals surface area (Å²) >= 11 is 3.00. The third-order valence-electron chi connectivity index (χ3n) is 3.20. The zero-order valence-electron chi connectivity index (χ0n) is 10.4. The average molecular weight is 366 g/mol. The molecule has 2 rings (SSSR count). The summed E-state index contributed by atoms with van der Waals surface area (Å²) in [5, 5.41) is 8.89. The molecule has 8 heteroatoms. The molecule has 0 atom stereocenters. The Labute approximate surface area is 124 Å². The molecule has 1 saturated carbocycles. The van der Waals surface area contributed by atoms with Gasteiger partial charge in [0.2, 0.25) is 10.0 Å². The van der Waals surface area contributed by atoms with Crippen LogP contribution >= 0.6 is 15.9 Å². The molecule has 5 nitrogen and oxygen atoms in total. The van der Waals surface area contributed by atoms with Crippen LogP contribution in [0.2, 0.25) is 0 Å². The van der Waals surface area contributed by atoms with Gasteiger partial charge in [0.05, 0.1) is 5.56 Å². The van der Waals surface area contributed by atoms with E-state index in [1.165, 1.54) is 0 Å². The van der Waals surface area contributed by atoms with E-state index >= 15 is 0 Å². The molecule has 0 amide bonds. The van der Waals surface area contributed by atoms with Crippen molar-refractivity contribution < 1.29 is 22.7 Å². The Kier molecular flexibility index (Phi) is 4.46. The standard InChI is InChI=1S/C12H13BrFNO4S/c13-7-5-9(12(16)17)11(14)10(6-7)20(18,19)15-8-3-1-2-4-8/h5-6,8,15H,1-4H2,(H,16,17). The molecule has 1 aromatic carbocycles. The van der Waals surface area contributed by atoms with Gasteiger partial charge >= 0.3 is 5.97 Å². The zero-order valence-corrected chi connectivity index (χ0v) is 12.8. The lowest BCUT2D eigenvalue weighted by Gasteiger charge is -2.14. The molecule has 0 aromatic heterocycles. The van der Waals surface area contributed by atoms with Crippen molar-refractivity contribution in [1.29, 1.82) is 0 Å². The van der Waals surface area contributed by atoms with Gasteiger partial charge in [0.25, 0.3) is 0 Å². The number of carboxylic acid groups (broad SMARTS) is 1. The maximum Gasteiger partial charge on any atom is 0.338 e. The van der Waals surface area contributed by atoms with E-state index < -0.39 is 32.3 Å². The number of halogens is 2. The first kappa shape index (κ1) is 15.4. The largest absolute Gasteiger partial charge is 0.478 e. The fourth-order valence-electron chi connectivity index (χ4n) is 2.24. The summed E-state index contributed by atoms with van der Waals surface area (Å²) in [7, 11) is -4.07. The van der Waals surface area contributed by atoms with Crippen molar-refractivity contribution in [3.05, 3.63) is 28.0 Å². The topological polar surface area (TPSA) is 83.5 Å². The second-order valence-electron chi connectivity index (χ2n) is 4.67. The summed E-state index contributed by atoms with van der Waals surface area (Å²) < 4.78 is 41.0. The third kappa shape index (κ3) is 3.18. The van der Waals surface area contributed by atoms with Crippen LogP contribution in [0.25, 0.3) is 0 Å². The molecule has 20 heavy (non-hydrogen) atoms. The van der Waals surface area contributed by atoms with Crippen LogP contribution in [0, 0.1) is 5.82 Å². The van der Waals surface area contributed by atoms with Crippen molar-refractivity contribution >= 4 is 31.9 Å². The molecule has 1 aliphatic rings. The number of carbonyl (C=O) groups is 1. The van der Waals surface area contributed by atoms with Crippen LogP contribution in [0.4, 0.5) is 4.39 Å². The van der Waals surface area contributed by atoms with E-state index in [4.69, 9.17) is 5.11 Å². The quantitative estimate of drug-likeness (QED) is 0.858. The summed E-state index contributed by atoms with van der Waals surface area (Å²) in [6.07, 6.45) is 3.27. The van der Waals surface area contributed by atoms with E-state index in [9.17, 15) is 17.6 Å². The number of aromatic carboxylic acids is 1. The number of hydrogen-bond acceptors (Lipinski definition) is 3. The van der Waals surface area contributed by atoms with E-state index in [-0.39, 0.29) is 10.5 Å². The van der Waals surface area contributed by atoms with Gasteiger partial charge in [-0.3, -0.25) is 0 Å². The Morgan fingerprint density at radius 3 is 2.50 bits per heavy atom. The Morgan fingerprint density at radius 1 is 1.35 bits per heavy atom. The first-order chi connectivity index (χ1) is 9.31. The maximum atomic E-state index is 14.1. The predicted molar refractivity (Wildman–Crippen MR) is 73.6 cm³/mol. The highest BCUT2D eigenvalue weighted by atomic mass is 79.9. The lowest BCUT2D eigenvalue weighted by molar-refractivity contribution is 0.0691. The molecule has 1 aromatic rings. The van der Waals surface area contributed by atoms with Crippen LogP contribution in [0.3, 0.4) is 0 Å². The molecule has 0 aliphatic heterocycles. The number of hydrogen-bond donors (Lipinski definition) is 2. The molecular formula is C12H13BrFNO4S. The van der Waals surface area contributed by atoms with Crippen molar-refractivity contribution in [3.8, 4) is 0 Å². The van der Waals surface area contributed by atoms with Gasteiger partial charge in [-0.15, -0.1) is 0 Å². The molecule has 0 spiro atoms. The Hall–Kier alpha value is -0.990. The summed E-state index contributed by atoms with van der Waals surface area (Å²) in [6.45, 7) is 0. The number of rotatable bonds is 4. The predicted octanol–water partition coefficient (Wildman–Crippen LogP) is 2.51. The second kappa shape index (κ2) is 5.79. The van der Waals surface area contributed by atoms with Gasteiger partial charge in [0.1, 0.15) is 4.90 Å². The normalized spacial score (nSPS) is 16.5. The highest BCUT2D eigenvalue weighted by Gasteiger charge is 2.28. The molecule has 110 valence electrons. The van der Waals surface area contributed by atoms with Gasteiger partial charge in [0, 0.05) is 10.5 Å². The third-order valence-corrected chi connectivity index (χ3v) is 5.18. The van der Waals surface area contributed by atoms with Gasteiger partial charge in [0.15, 0.2) is 5.82 Å². The smallest absolute Gasteiger partial charge is 0.338 e. The average Bonchev–Trinajstić information content (AvgIpc) is 2.83. The Morgan fingerprint density at radius 2 is 1.95 bits per heavy atom. The summed E-state index contributed by atoms with van der Waals surface area (Å²) in [5.74, 6) is -2.76.